The van der Waals surface area contributed by atoms with Gasteiger partial charge in [-0.2, -0.15) is 0 Å². The van der Waals surface area contributed by atoms with E-state index in [4.69, 9.17) is 4.74 Å². The van der Waals surface area contributed by atoms with Crippen LogP contribution in [0.2, 0.25) is 0 Å². The molecule has 21 heavy (non-hydrogen) atoms. The second-order valence-corrected chi connectivity index (χ2v) is 4.53. The Morgan fingerprint density at radius 3 is 2.52 bits per heavy atom. The quantitative estimate of drug-likeness (QED) is 0.650. The fourth-order valence-corrected chi connectivity index (χ4v) is 2.31. The van der Waals surface area contributed by atoms with E-state index in [-0.39, 0.29) is 0 Å². The van der Waals surface area contributed by atoms with Crippen LogP contribution in [-0.4, -0.2) is 11.2 Å². The summed E-state index contributed by atoms with van der Waals surface area (Å²) in [6.45, 7) is 2.40. The van der Waals surface area contributed by atoms with Gasteiger partial charge in [0.25, 0.3) is 0 Å². The molecule has 0 aliphatic carbocycles. The molecule has 0 unspecified atom stereocenters. The SMILES string of the molecule is CCOc1ccc2c(ccn2-c2c(F)ccc(F)c2F)c1. The number of hydrogen-bond acceptors (Lipinski definition) is 1. The molecule has 5 heteroatoms. The zero-order chi connectivity index (χ0) is 15.0. The Kier molecular flexibility index (Phi) is 3.33. The van der Waals surface area contributed by atoms with Gasteiger partial charge in [0.05, 0.1) is 12.1 Å². The summed E-state index contributed by atoms with van der Waals surface area (Å²) in [5.41, 5.74) is 0.149. The molecule has 0 atom stereocenters. The van der Waals surface area contributed by atoms with Gasteiger partial charge in [0, 0.05) is 11.6 Å². The molecule has 2 aromatic carbocycles. The van der Waals surface area contributed by atoms with Crippen LogP contribution in [0.4, 0.5) is 13.2 Å². The van der Waals surface area contributed by atoms with E-state index in [9.17, 15) is 13.2 Å². The van der Waals surface area contributed by atoms with Gasteiger partial charge in [-0.3, -0.25) is 0 Å². The molecule has 3 rings (SSSR count). The molecule has 0 spiro atoms. The first-order valence-corrected chi connectivity index (χ1v) is 6.49. The molecule has 0 saturated carbocycles. The molecule has 108 valence electrons. The summed E-state index contributed by atoms with van der Waals surface area (Å²) in [6.07, 6.45) is 1.50. The molecule has 0 radical (unpaired) electrons. The number of aromatic nitrogens is 1. The van der Waals surface area contributed by atoms with E-state index in [2.05, 4.69) is 0 Å². The van der Waals surface area contributed by atoms with Crippen LogP contribution in [0.3, 0.4) is 0 Å². The zero-order valence-electron chi connectivity index (χ0n) is 11.2. The standard InChI is InChI=1S/C16H12F3NO/c1-2-21-11-3-6-14-10(9-11)7-8-20(14)16-13(18)5-4-12(17)15(16)19/h3-9H,2H2,1H3. The van der Waals surface area contributed by atoms with Crippen molar-refractivity contribution in [2.45, 2.75) is 6.92 Å². The van der Waals surface area contributed by atoms with Crippen molar-refractivity contribution in [2.75, 3.05) is 6.61 Å². The van der Waals surface area contributed by atoms with Gasteiger partial charge in [-0.25, -0.2) is 13.2 Å². The predicted octanol–water partition coefficient (Wildman–Crippen LogP) is 4.45. The largest absolute Gasteiger partial charge is 0.494 e. The Labute approximate surface area is 119 Å². The van der Waals surface area contributed by atoms with Crippen molar-refractivity contribution >= 4 is 10.9 Å². The first-order valence-electron chi connectivity index (χ1n) is 6.49. The number of fused-ring (bicyclic) bond motifs is 1. The van der Waals surface area contributed by atoms with Gasteiger partial charge in [-0.1, -0.05) is 0 Å². The van der Waals surface area contributed by atoms with Gasteiger partial charge in [0.15, 0.2) is 11.6 Å². The number of rotatable bonds is 3. The van der Waals surface area contributed by atoms with Gasteiger partial charge >= 0.3 is 0 Å². The lowest BCUT2D eigenvalue weighted by molar-refractivity contribution is 0.340. The number of ether oxygens (including phenoxy) is 1. The Hall–Kier alpha value is -2.43. The summed E-state index contributed by atoms with van der Waals surface area (Å²) >= 11 is 0. The van der Waals surface area contributed by atoms with Crippen LogP contribution in [0, 0.1) is 17.5 Å². The molecule has 1 aromatic heterocycles. The van der Waals surface area contributed by atoms with Crippen LogP contribution < -0.4 is 4.74 Å². The molecule has 1 heterocycles. The maximum Gasteiger partial charge on any atom is 0.185 e. The van der Waals surface area contributed by atoms with Crippen molar-refractivity contribution in [3.05, 3.63) is 60.0 Å². The summed E-state index contributed by atoms with van der Waals surface area (Å²) in [5.74, 6) is -2.44. The highest BCUT2D eigenvalue weighted by molar-refractivity contribution is 5.83. The lowest BCUT2D eigenvalue weighted by atomic mass is 10.2. The number of hydrogen-bond donors (Lipinski definition) is 0. The van der Waals surface area contributed by atoms with Gasteiger partial charge in [0.2, 0.25) is 0 Å². The smallest absolute Gasteiger partial charge is 0.185 e. The molecule has 0 amide bonds. The normalized spacial score (nSPS) is 11.0. The van der Waals surface area contributed by atoms with Gasteiger partial charge in [-0.15, -0.1) is 0 Å². The second-order valence-electron chi connectivity index (χ2n) is 4.53. The first kappa shape index (κ1) is 13.5. The van der Waals surface area contributed by atoms with E-state index in [1.165, 1.54) is 10.8 Å². The molecule has 0 fully saturated rings. The average Bonchev–Trinajstić information content (AvgIpc) is 2.87. The van der Waals surface area contributed by atoms with E-state index in [1.54, 1.807) is 24.3 Å². The third kappa shape index (κ3) is 2.24. The zero-order valence-corrected chi connectivity index (χ0v) is 11.2. The number of halogens is 3. The van der Waals surface area contributed by atoms with Crippen LogP contribution in [0.5, 0.6) is 5.75 Å². The molecular formula is C16H12F3NO. The molecule has 0 aliphatic rings. The molecule has 0 bridgehead atoms. The molecule has 0 aliphatic heterocycles. The third-order valence-electron chi connectivity index (χ3n) is 3.23. The second kappa shape index (κ2) is 5.16. The summed E-state index contributed by atoms with van der Waals surface area (Å²) in [4.78, 5) is 0. The third-order valence-corrected chi connectivity index (χ3v) is 3.23. The van der Waals surface area contributed by atoms with E-state index >= 15 is 0 Å². The molecular weight excluding hydrogens is 279 g/mol. The molecule has 0 N–H and O–H groups in total. The predicted molar refractivity (Wildman–Crippen MR) is 74.3 cm³/mol. The Bertz CT molecular complexity index is 811. The van der Waals surface area contributed by atoms with E-state index < -0.39 is 23.1 Å². The summed E-state index contributed by atoms with van der Waals surface area (Å²) < 4.78 is 47.8. The number of benzene rings is 2. The molecule has 3 aromatic rings. The van der Waals surface area contributed by atoms with Crippen molar-refractivity contribution in [1.29, 1.82) is 0 Å². The number of nitrogens with zero attached hydrogens (tertiary/aromatic N) is 1. The minimum atomic E-state index is -1.21. The highest BCUT2D eigenvalue weighted by Gasteiger charge is 2.17. The Morgan fingerprint density at radius 2 is 1.76 bits per heavy atom. The van der Waals surface area contributed by atoms with E-state index in [1.807, 2.05) is 6.92 Å². The summed E-state index contributed by atoms with van der Waals surface area (Å²) in [5, 5.41) is 0.754. The minimum Gasteiger partial charge on any atom is -0.494 e. The maximum atomic E-state index is 13.9. The summed E-state index contributed by atoms with van der Waals surface area (Å²) in [6, 6.07) is 8.54. The van der Waals surface area contributed by atoms with Crippen LogP contribution in [-0.2, 0) is 0 Å². The van der Waals surface area contributed by atoms with E-state index in [0.717, 1.165) is 17.5 Å². The Morgan fingerprint density at radius 1 is 1.00 bits per heavy atom. The maximum absolute atomic E-state index is 13.9. The molecule has 2 nitrogen and oxygen atoms in total. The Balaban J connectivity index is 2.20. The van der Waals surface area contributed by atoms with Crippen LogP contribution in [0.25, 0.3) is 16.6 Å². The van der Waals surface area contributed by atoms with Crippen molar-refractivity contribution in [3.63, 3.8) is 0 Å². The highest BCUT2D eigenvalue weighted by Crippen LogP contribution is 2.28. The lowest BCUT2D eigenvalue weighted by Crippen LogP contribution is -2.02. The summed E-state index contributed by atoms with van der Waals surface area (Å²) in [7, 11) is 0. The average molecular weight is 291 g/mol. The van der Waals surface area contributed by atoms with Crippen molar-refractivity contribution in [1.82, 2.24) is 4.57 Å². The minimum absolute atomic E-state index is 0.422. The fraction of sp³-hybridized carbons (Fsp3) is 0.125. The van der Waals surface area contributed by atoms with Gasteiger partial charge in [0.1, 0.15) is 17.3 Å². The van der Waals surface area contributed by atoms with E-state index in [0.29, 0.717) is 17.9 Å². The van der Waals surface area contributed by atoms with Gasteiger partial charge in [-0.05, 0) is 43.3 Å². The topological polar surface area (TPSA) is 14.2 Å². The van der Waals surface area contributed by atoms with Crippen LogP contribution in [0.1, 0.15) is 6.92 Å². The monoisotopic (exact) mass is 291 g/mol. The van der Waals surface area contributed by atoms with Crippen LogP contribution in [0.15, 0.2) is 42.6 Å². The molecule has 0 saturated heterocycles. The van der Waals surface area contributed by atoms with Crippen molar-refractivity contribution < 1.29 is 17.9 Å². The fourth-order valence-electron chi connectivity index (χ4n) is 2.31. The highest BCUT2D eigenvalue weighted by atomic mass is 19.2. The van der Waals surface area contributed by atoms with Crippen molar-refractivity contribution in [3.8, 4) is 11.4 Å². The van der Waals surface area contributed by atoms with Crippen molar-refractivity contribution in [2.24, 2.45) is 0 Å². The lowest BCUT2D eigenvalue weighted by Gasteiger charge is -2.09. The first-order chi connectivity index (χ1) is 10.1. The van der Waals surface area contributed by atoms with Crippen LogP contribution >= 0.6 is 0 Å². The van der Waals surface area contributed by atoms with Gasteiger partial charge < -0.3 is 9.30 Å².